The Morgan fingerprint density at radius 1 is 1.44 bits per heavy atom. The molecule has 0 bridgehead atoms. The summed E-state index contributed by atoms with van der Waals surface area (Å²) in [7, 11) is 0. The number of hydrogen-bond donors (Lipinski definition) is 2. The number of hydrogen-bond acceptors (Lipinski definition) is 3. The maximum Gasteiger partial charge on any atom is 0.315 e. The molecule has 0 spiro atoms. The first-order chi connectivity index (χ1) is 8.74. The second kappa shape index (κ2) is 6.95. The highest BCUT2D eigenvalue weighted by molar-refractivity contribution is 5.74. The molecule has 2 aliphatic heterocycles. The van der Waals surface area contributed by atoms with Crippen molar-refractivity contribution in [1.82, 2.24) is 15.5 Å². The van der Waals surface area contributed by atoms with Crippen molar-refractivity contribution in [3.05, 3.63) is 0 Å². The molecule has 0 aromatic carbocycles. The normalized spacial score (nSPS) is 26.2. The van der Waals surface area contributed by atoms with Gasteiger partial charge in [0, 0.05) is 19.7 Å². The number of carbonyl (C=O) groups is 1. The van der Waals surface area contributed by atoms with Crippen molar-refractivity contribution in [2.45, 2.75) is 32.2 Å². The van der Waals surface area contributed by atoms with Gasteiger partial charge in [0.15, 0.2) is 0 Å². The fourth-order valence-corrected chi connectivity index (χ4v) is 2.62. The van der Waals surface area contributed by atoms with Gasteiger partial charge in [-0.2, -0.15) is 0 Å². The van der Waals surface area contributed by atoms with Crippen molar-refractivity contribution < 1.29 is 9.53 Å². The Bertz CT molecular complexity index is 261. The summed E-state index contributed by atoms with van der Waals surface area (Å²) < 4.78 is 5.22. The van der Waals surface area contributed by atoms with Gasteiger partial charge in [0.2, 0.25) is 0 Å². The van der Waals surface area contributed by atoms with Crippen LogP contribution in [0.4, 0.5) is 4.79 Å². The van der Waals surface area contributed by atoms with E-state index in [1.54, 1.807) is 0 Å². The molecule has 18 heavy (non-hydrogen) atoms. The number of rotatable bonds is 5. The Kier molecular flexibility index (Phi) is 5.26. The smallest absolute Gasteiger partial charge is 0.315 e. The summed E-state index contributed by atoms with van der Waals surface area (Å²) in [6.07, 6.45) is 3.57. The van der Waals surface area contributed by atoms with Crippen LogP contribution in [0.2, 0.25) is 0 Å². The molecule has 2 aliphatic rings. The van der Waals surface area contributed by atoms with Crippen LogP contribution in [-0.2, 0) is 4.74 Å². The van der Waals surface area contributed by atoms with E-state index in [-0.39, 0.29) is 12.1 Å². The van der Waals surface area contributed by atoms with Crippen molar-refractivity contribution in [3.63, 3.8) is 0 Å². The Morgan fingerprint density at radius 3 is 2.89 bits per heavy atom. The minimum Gasteiger partial charge on any atom is -0.379 e. The highest BCUT2D eigenvalue weighted by Crippen LogP contribution is 2.09. The summed E-state index contributed by atoms with van der Waals surface area (Å²) in [5.41, 5.74) is 0. The third-order valence-corrected chi connectivity index (χ3v) is 3.64. The molecule has 0 aromatic rings. The second-order valence-electron chi connectivity index (χ2n) is 5.53. The molecule has 5 heteroatoms. The lowest BCUT2D eigenvalue weighted by molar-refractivity contribution is 0.188. The molecule has 0 aliphatic carbocycles. The zero-order chi connectivity index (χ0) is 12.8. The van der Waals surface area contributed by atoms with Gasteiger partial charge in [0.1, 0.15) is 0 Å². The Morgan fingerprint density at radius 2 is 2.22 bits per heavy atom. The Labute approximate surface area is 109 Å². The predicted molar refractivity (Wildman–Crippen MR) is 70.6 cm³/mol. The van der Waals surface area contributed by atoms with Crippen LogP contribution in [0.5, 0.6) is 0 Å². The van der Waals surface area contributed by atoms with Crippen molar-refractivity contribution in [2.24, 2.45) is 5.92 Å². The fraction of sp³-hybridized carbons (Fsp3) is 0.923. The number of amides is 2. The maximum atomic E-state index is 11.6. The highest BCUT2D eigenvalue weighted by Gasteiger charge is 2.18. The van der Waals surface area contributed by atoms with E-state index in [1.807, 2.05) is 0 Å². The van der Waals surface area contributed by atoms with Crippen LogP contribution in [-0.4, -0.2) is 56.4 Å². The summed E-state index contributed by atoms with van der Waals surface area (Å²) in [5, 5.41) is 5.89. The molecule has 2 atom stereocenters. The van der Waals surface area contributed by atoms with E-state index in [4.69, 9.17) is 4.74 Å². The largest absolute Gasteiger partial charge is 0.379 e. The lowest BCUT2D eigenvalue weighted by Crippen LogP contribution is -2.44. The summed E-state index contributed by atoms with van der Waals surface area (Å²) in [4.78, 5) is 14.1. The van der Waals surface area contributed by atoms with E-state index in [9.17, 15) is 4.79 Å². The molecule has 2 N–H and O–H groups in total. The van der Waals surface area contributed by atoms with Gasteiger partial charge in [0.25, 0.3) is 0 Å². The van der Waals surface area contributed by atoms with Crippen molar-refractivity contribution in [1.29, 1.82) is 0 Å². The molecule has 0 aromatic heterocycles. The summed E-state index contributed by atoms with van der Waals surface area (Å²) in [6.45, 7) is 7.87. The first-order valence-corrected chi connectivity index (χ1v) is 7.08. The standard InChI is InChI=1S/C13H25N3O2/c1-11(9-16-5-2-3-6-16)8-14-13(17)15-12-4-7-18-10-12/h11-12H,2-10H2,1H3,(H2,14,15,17). The van der Waals surface area contributed by atoms with E-state index in [2.05, 4.69) is 22.5 Å². The molecule has 2 saturated heterocycles. The van der Waals surface area contributed by atoms with Gasteiger partial charge < -0.3 is 20.3 Å². The predicted octanol–water partition coefficient (Wildman–Crippen LogP) is 0.806. The van der Waals surface area contributed by atoms with E-state index >= 15 is 0 Å². The summed E-state index contributed by atoms with van der Waals surface area (Å²) in [6, 6.07) is 0.137. The number of carbonyl (C=O) groups excluding carboxylic acids is 1. The zero-order valence-electron chi connectivity index (χ0n) is 11.3. The number of likely N-dealkylation sites (tertiary alicyclic amines) is 1. The van der Waals surface area contributed by atoms with Crippen LogP contribution >= 0.6 is 0 Å². The van der Waals surface area contributed by atoms with Crippen molar-refractivity contribution in [2.75, 3.05) is 39.4 Å². The third-order valence-electron chi connectivity index (χ3n) is 3.64. The van der Waals surface area contributed by atoms with Crippen molar-refractivity contribution >= 4 is 6.03 Å². The number of urea groups is 1. The quantitative estimate of drug-likeness (QED) is 0.764. The highest BCUT2D eigenvalue weighted by atomic mass is 16.5. The van der Waals surface area contributed by atoms with E-state index < -0.39 is 0 Å². The molecule has 5 nitrogen and oxygen atoms in total. The van der Waals surface area contributed by atoms with Gasteiger partial charge in [-0.15, -0.1) is 0 Å². The van der Waals surface area contributed by atoms with Crippen LogP contribution in [0, 0.1) is 5.92 Å². The Balaban J connectivity index is 1.56. The second-order valence-corrected chi connectivity index (χ2v) is 5.53. The lowest BCUT2D eigenvalue weighted by atomic mass is 10.1. The van der Waals surface area contributed by atoms with E-state index in [1.165, 1.54) is 25.9 Å². The fourth-order valence-electron chi connectivity index (χ4n) is 2.62. The molecular formula is C13H25N3O2. The minimum atomic E-state index is -0.0567. The van der Waals surface area contributed by atoms with E-state index in [0.29, 0.717) is 12.5 Å². The average molecular weight is 255 g/mol. The van der Waals surface area contributed by atoms with Gasteiger partial charge in [-0.3, -0.25) is 0 Å². The van der Waals surface area contributed by atoms with Gasteiger partial charge in [-0.05, 0) is 38.3 Å². The van der Waals surface area contributed by atoms with Gasteiger partial charge >= 0.3 is 6.03 Å². The molecule has 0 saturated carbocycles. The number of nitrogens with zero attached hydrogens (tertiary/aromatic N) is 1. The van der Waals surface area contributed by atoms with Crippen LogP contribution in [0.15, 0.2) is 0 Å². The van der Waals surface area contributed by atoms with Gasteiger partial charge in [-0.1, -0.05) is 6.92 Å². The van der Waals surface area contributed by atoms with Gasteiger partial charge in [-0.25, -0.2) is 4.79 Å². The summed E-state index contributed by atoms with van der Waals surface area (Å²) in [5.74, 6) is 0.508. The SMILES string of the molecule is CC(CNC(=O)NC1CCOC1)CN1CCCC1. The number of ether oxygens (including phenoxy) is 1. The van der Waals surface area contributed by atoms with E-state index in [0.717, 1.165) is 26.1 Å². The first-order valence-electron chi connectivity index (χ1n) is 7.08. The average Bonchev–Trinajstić information content (AvgIpc) is 2.99. The molecule has 2 heterocycles. The zero-order valence-corrected chi connectivity index (χ0v) is 11.3. The maximum absolute atomic E-state index is 11.6. The van der Waals surface area contributed by atoms with Crippen LogP contribution < -0.4 is 10.6 Å². The minimum absolute atomic E-state index is 0.0567. The number of nitrogens with one attached hydrogen (secondary N) is 2. The van der Waals surface area contributed by atoms with Crippen LogP contribution in [0.25, 0.3) is 0 Å². The van der Waals surface area contributed by atoms with Crippen LogP contribution in [0.1, 0.15) is 26.2 Å². The van der Waals surface area contributed by atoms with Gasteiger partial charge in [0.05, 0.1) is 12.6 Å². The lowest BCUT2D eigenvalue weighted by Gasteiger charge is -2.21. The molecule has 2 rings (SSSR count). The Hall–Kier alpha value is -0.810. The molecule has 2 fully saturated rings. The first kappa shape index (κ1) is 13.6. The monoisotopic (exact) mass is 255 g/mol. The molecule has 0 radical (unpaired) electrons. The molecule has 2 unspecified atom stereocenters. The molecular weight excluding hydrogens is 230 g/mol. The molecule has 104 valence electrons. The van der Waals surface area contributed by atoms with Crippen molar-refractivity contribution in [3.8, 4) is 0 Å². The molecule has 2 amide bonds. The summed E-state index contributed by atoms with van der Waals surface area (Å²) >= 11 is 0. The third kappa shape index (κ3) is 4.46. The topological polar surface area (TPSA) is 53.6 Å². The van der Waals surface area contributed by atoms with Crippen LogP contribution in [0.3, 0.4) is 0 Å².